The molecule has 0 fully saturated rings. The number of fused-ring (bicyclic) bond motifs is 1. The molecule has 25 heavy (non-hydrogen) atoms. The van der Waals surface area contributed by atoms with E-state index in [-0.39, 0.29) is 9.92 Å². The lowest BCUT2D eigenvalue weighted by Crippen LogP contribution is -2.04. The van der Waals surface area contributed by atoms with Crippen LogP contribution in [0, 0.1) is 0 Å². The SMILES string of the molecule is CCc1nc2cc(S(C)(=O)=O)c(Cl)cc2n1-c1ccc(CCN)cc1. The van der Waals surface area contributed by atoms with E-state index in [1.54, 1.807) is 12.1 Å². The van der Waals surface area contributed by atoms with Crippen molar-refractivity contribution in [3.05, 3.63) is 52.8 Å². The summed E-state index contributed by atoms with van der Waals surface area (Å²) in [6, 6.07) is 11.3. The van der Waals surface area contributed by atoms with Gasteiger partial charge in [0.1, 0.15) is 5.82 Å². The third kappa shape index (κ3) is 3.42. The van der Waals surface area contributed by atoms with Gasteiger partial charge in [0.2, 0.25) is 0 Å². The highest BCUT2D eigenvalue weighted by Gasteiger charge is 2.18. The van der Waals surface area contributed by atoms with Gasteiger partial charge < -0.3 is 5.73 Å². The Bertz CT molecular complexity index is 1020. The number of nitrogens with two attached hydrogens (primary N) is 1. The van der Waals surface area contributed by atoms with Crippen LogP contribution in [0.1, 0.15) is 18.3 Å². The summed E-state index contributed by atoms with van der Waals surface area (Å²) in [5, 5.41) is 0.207. The summed E-state index contributed by atoms with van der Waals surface area (Å²) < 4.78 is 25.8. The maximum absolute atomic E-state index is 11.9. The quantitative estimate of drug-likeness (QED) is 0.740. The molecule has 0 radical (unpaired) electrons. The highest BCUT2D eigenvalue weighted by atomic mass is 35.5. The average molecular weight is 378 g/mol. The highest BCUT2D eigenvalue weighted by Crippen LogP contribution is 2.30. The first-order valence-corrected chi connectivity index (χ1v) is 10.3. The lowest BCUT2D eigenvalue weighted by molar-refractivity contribution is 0.602. The molecule has 0 bridgehead atoms. The molecule has 1 heterocycles. The number of halogens is 1. The van der Waals surface area contributed by atoms with Gasteiger partial charge in [-0.05, 0) is 42.8 Å². The molecule has 132 valence electrons. The van der Waals surface area contributed by atoms with E-state index in [2.05, 4.69) is 4.98 Å². The number of rotatable bonds is 5. The van der Waals surface area contributed by atoms with Crippen LogP contribution in [0.5, 0.6) is 0 Å². The maximum Gasteiger partial charge on any atom is 0.177 e. The van der Waals surface area contributed by atoms with Crippen LogP contribution in [0.15, 0.2) is 41.3 Å². The summed E-state index contributed by atoms with van der Waals surface area (Å²) in [6.45, 7) is 2.62. The average Bonchev–Trinajstić information content (AvgIpc) is 2.92. The van der Waals surface area contributed by atoms with E-state index in [0.29, 0.717) is 18.5 Å². The first kappa shape index (κ1) is 17.9. The topological polar surface area (TPSA) is 78.0 Å². The van der Waals surface area contributed by atoms with E-state index < -0.39 is 9.84 Å². The van der Waals surface area contributed by atoms with E-state index in [1.165, 1.54) is 5.56 Å². The molecule has 0 aliphatic heterocycles. The molecule has 0 saturated heterocycles. The van der Waals surface area contributed by atoms with Gasteiger partial charge >= 0.3 is 0 Å². The Morgan fingerprint density at radius 1 is 1.20 bits per heavy atom. The van der Waals surface area contributed by atoms with Crippen molar-refractivity contribution in [2.24, 2.45) is 5.73 Å². The number of sulfone groups is 1. The van der Waals surface area contributed by atoms with Crippen LogP contribution in [-0.2, 0) is 22.7 Å². The molecule has 0 saturated carbocycles. The summed E-state index contributed by atoms with van der Waals surface area (Å²) in [6.07, 6.45) is 2.69. The molecule has 0 spiro atoms. The fourth-order valence-corrected chi connectivity index (χ4v) is 4.23. The van der Waals surface area contributed by atoms with Crippen LogP contribution in [-0.4, -0.2) is 30.8 Å². The van der Waals surface area contributed by atoms with E-state index in [1.807, 2.05) is 35.8 Å². The fraction of sp³-hybridized carbons (Fsp3) is 0.278. The second kappa shape index (κ2) is 6.78. The van der Waals surface area contributed by atoms with Crippen molar-refractivity contribution in [3.63, 3.8) is 0 Å². The van der Waals surface area contributed by atoms with Crippen molar-refractivity contribution in [2.45, 2.75) is 24.7 Å². The third-order valence-corrected chi connectivity index (χ3v) is 5.68. The monoisotopic (exact) mass is 377 g/mol. The lowest BCUT2D eigenvalue weighted by atomic mass is 10.1. The first-order chi connectivity index (χ1) is 11.8. The predicted octanol–water partition coefficient (Wildman–Crippen LogP) is 3.15. The molecule has 1 aromatic heterocycles. The predicted molar refractivity (Wildman–Crippen MR) is 101 cm³/mol. The summed E-state index contributed by atoms with van der Waals surface area (Å²) in [5.74, 6) is 0.850. The Kier molecular flexibility index (Phi) is 4.86. The number of benzene rings is 2. The zero-order valence-electron chi connectivity index (χ0n) is 14.2. The van der Waals surface area contributed by atoms with Crippen LogP contribution in [0.3, 0.4) is 0 Å². The Balaban J connectivity index is 2.22. The van der Waals surface area contributed by atoms with Gasteiger partial charge in [0.25, 0.3) is 0 Å². The summed E-state index contributed by atoms with van der Waals surface area (Å²) >= 11 is 6.23. The Morgan fingerprint density at radius 3 is 2.44 bits per heavy atom. The number of aromatic nitrogens is 2. The summed E-state index contributed by atoms with van der Waals surface area (Å²) in [5.41, 5.74) is 9.14. The smallest absolute Gasteiger partial charge is 0.177 e. The zero-order valence-corrected chi connectivity index (χ0v) is 15.7. The van der Waals surface area contributed by atoms with Gasteiger partial charge in [-0.1, -0.05) is 30.7 Å². The minimum atomic E-state index is -3.40. The molecule has 0 amide bonds. The van der Waals surface area contributed by atoms with Crippen molar-refractivity contribution >= 4 is 32.5 Å². The molecule has 7 heteroatoms. The lowest BCUT2D eigenvalue weighted by Gasteiger charge is -2.10. The van der Waals surface area contributed by atoms with Crippen LogP contribution in [0.2, 0.25) is 5.02 Å². The van der Waals surface area contributed by atoms with Gasteiger partial charge in [0, 0.05) is 18.4 Å². The normalized spacial score (nSPS) is 12.0. The van der Waals surface area contributed by atoms with Crippen LogP contribution in [0.4, 0.5) is 0 Å². The minimum Gasteiger partial charge on any atom is -0.330 e. The van der Waals surface area contributed by atoms with Gasteiger partial charge in [-0.2, -0.15) is 0 Å². The fourth-order valence-electron chi connectivity index (χ4n) is 2.92. The second-order valence-corrected chi connectivity index (χ2v) is 8.36. The largest absolute Gasteiger partial charge is 0.330 e. The molecule has 0 aliphatic carbocycles. The molecule has 2 N–H and O–H groups in total. The number of hydrogen-bond donors (Lipinski definition) is 1. The van der Waals surface area contributed by atoms with Gasteiger partial charge in [-0.25, -0.2) is 13.4 Å². The summed E-state index contributed by atoms with van der Waals surface area (Å²) in [7, 11) is -3.40. The van der Waals surface area contributed by atoms with Crippen molar-refractivity contribution < 1.29 is 8.42 Å². The number of hydrogen-bond acceptors (Lipinski definition) is 4. The minimum absolute atomic E-state index is 0.104. The van der Waals surface area contributed by atoms with Crippen molar-refractivity contribution in [1.29, 1.82) is 0 Å². The van der Waals surface area contributed by atoms with Crippen molar-refractivity contribution in [3.8, 4) is 5.69 Å². The van der Waals surface area contributed by atoms with Gasteiger partial charge in [0.15, 0.2) is 9.84 Å². The van der Waals surface area contributed by atoms with Gasteiger partial charge in [-0.3, -0.25) is 4.57 Å². The molecular formula is C18H20ClN3O2S. The van der Waals surface area contributed by atoms with E-state index in [0.717, 1.165) is 29.7 Å². The second-order valence-electron chi connectivity index (χ2n) is 5.97. The molecule has 0 aliphatic rings. The van der Waals surface area contributed by atoms with Gasteiger partial charge in [-0.15, -0.1) is 0 Å². The van der Waals surface area contributed by atoms with E-state index in [9.17, 15) is 8.42 Å². The molecule has 2 aromatic carbocycles. The Labute approximate surface area is 152 Å². The van der Waals surface area contributed by atoms with Crippen molar-refractivity contribution in [2.75, 3.05) is 12.8 Å². The molecular weight excluding hydrogens is 358 g/mol. The molecule has 5 nitrogen and oxygen atoms in total. The van der Waals surface area contributed by atoms with E-state index in [4.69, 9.17) is 17.3 Å². The van der Waals surface area contributed by atoms with E-state index >= 15 is 0 Å². The summed E-state index contributed by atoms with van der Waals surface area (Å²) in [4.78, 5) is 4.71. The highest BCUT2D eigenvalue weighted by molar-refractivity contribution is 7.90. The molecule has 3 aromatic rings. The van der Waals surface area contributed by atoms with Crippen molar-refractivity contribution in [1.82, 2.24) is 9.55 Å². The number of imidazole rings is 1. The van der Waals surface area contributed by atoms with Crippen LogP contribution < -0.4 is 5.73 Å². The zero-order chi connectivity index (χ0) is 18.2. The molecule has 0 atom stereocenters. The number of aryl methyl sites for hydroxylation is 1. The van der Waals surface area contributed by atoms with Gasteiger partial charge in [0.05, 0.1) is 21.0 Å². The molecule has 0 unspecified atom stereocenters. The molecule has 3 rings (SSSR count). The van der Waals surface area contributed by atoms with Crippen LogP contribution in [0.25, 0.3) is 16.7 Å². The maximum atomic E-state index is 11.9. The Morgan fingerprint density at radius 2 is 1.88 bits per heavy atom. The standard InChI is InChI=1S/C18H20ClN3O2S/c1-3-18-21-15-11-17(25(2,23)24)14(19)10-16(15)22(18)13-6-4-12(5-7-13)8-9-20/h4-7,10-11H,3,8-9,20H2,1-2H3. The van der Waals surface area contributed by atoms with Crippen LogP contribution >= 0.6 is 11.6 Å². The number of nitrogens with zero attached hydrogens (tertiary/aromatic N) is 2. The first-order valence-electron chi connectivity index (χ1n) is 8.05. The third-order valence-electron chi connectivity index (χ3n) is 4.12. The Hall–Kier alpha value is -1.89.